The lowest BCUT2D eigenvalue weighted by molar-refractivity contribution is -0.274. The number of nitrogens with one attached hydrogen (secondary N) is 1. The first kappa shape index (κ1) is 15.0. The van der Waals surface area contributed by atoms with Crippen molar-refractivity contribution in [2.24, 2.45) is 5.73 Å². The Bertz CT molecular complexity index is 661. The van der Waals surface area contributed by atoms with Gasteiger partial charge in [-0.1, -0.05) is 24.4 Å². The minimum absolute atomic E-state index is 0.0958. The van der Waals surface area contributed by atoms with E-state index >= 15 is 0 Å². The van der Waals surface area contributed by atoms with Gasteiger partial charge < -0.3 is 15.8 Å². The number of pyridine rings is 1. The molecule has 110 valence electrons. The number of rotatable bonds is 4. The number of para-hydroxylation sites is 2. The van der Waals surface area contributed by atoms with Crippen molar-refractivity contribution in [3.63, 3.8) is 0 Å². The summed E-state index contributed by atoms with van der Waals surface area (Å²) in [6, 6.07) is 8.81. The first-order chi connectivity index (χ1) is 9.85. The summed E-state index contributed by atoms with van der Waals surface area (Å²) in [5.41, 5.74) is 6.48. The summed E-state index contributed by atoms with van der Waals surface area (Å²) in [6.45, 7) is 0. The second-order valence-electron chi connectivity index (χ2n) is 3.96. The van der Waals surface area contributed by atoms with E-state index in [1.807, 2.05) is 0 Å². The third kappa shape index (κ3) is 4.32. The Morgan fingerprint density at radius 3 is 2.62 bits per heavy atom. The topological polar surface area (TPSA) is 60.2 Å². The number of ether oxygens (including phenoxy) is 1. The van der Waals surface area contributed by atoms with Crippen LogP contribution in [0.25, 0.3) is 0 Å². The highest BCUT2D eigenvalue weighted by Gasteiger charge is 2.32. The lowest BCUT2D eigenvalue weighted by Gasteiger charge is -2.14. The normalized spacial score (nSPS) is 11.0. The van der Waals surface area contributed by atoms with Gasteiger partial charge in [0, 0.05) is 11.9 Å². The second-order valence-corrected chi connectivity index (χ2v) is 4.40. The van der Waals surface area contributed by atoms with Gasteiger partial charge in [-0.25, -0.2) is 0 Å². The van der Waals surface area contributed by atoms with E-state index in [0.29, 0.717) is 11.4 Å². The van der Waals surface area contributed by atoms with E-state index in [9.17, 15) is 13.2 Å². The van der Waals surface area contributed by atoms with Crippen LogP contribution in [-0.2, 0) is 0 Å². The molecule has 4 nitrogen and oxygen atoms in total. The number of hydrogen-bond acceptors (Lipinski definition) is 4. The highest BCUT2D eigenvalue weighted by atomic mass is 32.1. The number of anilines is 2. The second kappa shape index (κ2) is 5.96. The molecule has 0 atom stereocenters. The van der Waals surface area contributed by atoms with Gasteiger partial charge in [-0.3, -0.25) is 4.98 Å². The van der Waals surface area contributed by atoms with Gasteiger partial charge in [0.05, 0.1) is 11.4 Å². The average Bonchev–Trinajstić information content (AvgIpc) is 2.40. The summed E-state index contributed by atoms with van der Waals surface area (Å²) in [5.74, 6) is -0.335. The Morgan fingerprint density at radius 2 is 1.95 bits per heavy atom. The van der Waals surface area contributed by atoms with Crippen LogP contribution in [0.5, 0.6) is 5.75 Å². The molecule has 0 aliphatic rings. The zero-order valence-corrected chi connectivity index (χ0v) is 11.3. The van der Waals surface area contributed by atoms with E-state index in [2.05, 4.69) is 15.0 Å². The predicted octanol–water partition coefficient (Wildman–Crippen LogP) is 3.36. The zero-order chi connectivity index (χ0) is 15.5. The molecule has 8 heteroatoms. The molecule has 3 N–H and O–H groups in total. The van der Waals surface area contributed by atoms with Gasteiger partial charge in [-0.15, -0.1) is 13.2 Å². The van der Waals surface area contributed by atoms with E-state index in [0.717, 1.165) is 0 Å². The van der Waals surface area contributed by atoms with Crippen molar-refractivity contribution >= 4 is 28.6 Å². The van der Waals surface area contributed by atoms with Gasteiger partial charge in [0.1, 0.15) is 4.99 Å². The molecular formula is C13H10F3N3OS. The van der Waals surface area contributed by atoms with Crippen molar-refractivity contribution in [2.45, 2.75) is 6.36 Å². The lowest BCUT2D eigenvalue weighted by atomic mass is 10.2. The third-order valence-electron chi connectivity index (χ3n) is 2.40. The van der Waals surface area contributed by atoms with Gasteiger partial charge in [0.25, 0.3) is 0 Å². The summed E-state index contributed by atoms with van der Waals surface area (Å²) in [6.07, 6.45) is -3.32. The van der Waals surface area contributed by atoms with Crippen LogP contribution >= 0.6 is 12.2 Å². The number of nitrogens with two attached hydrogens (primary N) is 1. The van der Waals surface area contributed by atoms with Crippen LogP contribution in [0.2, 0.25) is 0 Å². The van der Waals surface area contributed by atoms with Crippen molar-refractivity contribution in [1.82, 2.24) is 4.98 Å². The van der Waals surface area contributed by atoms with E-state index in [1.54, 1.807) is 12.1 Å². The van der Waals surface area contributed by atoms with E-state index in [1.165, 1.54) is 30.5 Å². The molecule has 0 aliphatic heterocycles. The minimum Gasteiger partial charge on any atom is -0.404 e. The molecule has 0 fully saturated rings. The van der Waals surface area contributed by atoms with Gasteiger partial charge in [0.15, 0.2) is 5.75 Å². The fourth-order valence-corrected chi connectivity index (χ4v) is 1.69. The van der Waals surface area contributed by atoms with E-state index in [4.69, 9.17) is 18.0 Å². The number of halogens is 3. The van der Waals surface area contributed by atoms with Crippen LogP contribution in [-0.4, -0.2) is 16.3 Å². The minimum atomic E-state index is -4.76. The van der Waals surface area contributed by atoms with Crippen LogP contribution in [0.15, 0.2) is 42.6 Å². The first-order valence-electron chi connectivity index (χ1n) is 5.73. The molecule has 2 rings (SSSR count). The number of nitrogens with zero attached hydrogens (tertiary/aromatic N) is 1. The molecule has 1 heterocycles. The molecule has 1 aromatic heterocycles. The Morgan fingerprint density at radius 1 is 1.24 bits per heavy atom. The Kier molecular flexibility index (Phi) is 4.27. The number of alkyl halides is 3. The fourth-order valence-electron chi connectivity index (χ4n) is 1.58. The smallest absolute Gasteiger partial charge is 0.404 e. The maximum Gasteiger partial charge on any atom is 0.573 e. The first-order valence-corrected chi connectivity index (χ1v) is 6.13. The zero-order valence-electron chi connectivity index (χ0n) is 10.5. The van der Waals surface area contributed by atoms with Crippen molar-refractivity contribution in [3.05, 3.63) is 48.3 Å². The molecule has 0 saturated heterocycles. The maximum atomic E-state index is 12.3. The molecule has 0 amide bonds. The number of hydrogen-bond donors (Lipinski definition) is 2. The summed E-state index contributed by atoms with van der Waals surface area (Å²) in [5, 5.41) is 2.81. The highest BCUT2D eigenvalue weighted by molar-refractivity contribution is 7.80. The fraction of sp³-hybridized carbons (Fsp3) is 0.0769. The van der Waals surface area contributed by atoms with Crippen molar-refractivity contribution in [1.29, 1.82) is 0 Å². The third-order valence-corrected chi connectivity index (χ3v) is 2.61. The van der Waals surface area contributed by atoms with Gasteiger partial charge in [0.2, 0.25) is 0 Å². The monoisotopic (exact) mass is 313 g/mol. The Balaban J connectivity index is 2.27. The van der Waals surface area contributed by atoms with Gasteiger partial charge in [-0.2, -0.15) is 0 Å². The van der Waals surface area contributed by atoms with Gasteiger partial charge in [-0.05, 0) is 24.3 Å². The van der Waals surface area contributed by atoms with Crippen LogP contribution in [0.3, 0.4) is 0 Å². The molecule has 0 aliphatic carbocycles. The molecule has 0 saturated carbocycles. The molecular weight excluding hydrogens is 303 g/mol. The van der Waals surface area contributed by atoms with Crippen molar-refractivity contribution < 1.29 is 17.9 Å². The molecule has 0 radical (unpaired) electrons. The van der Waals surface area contributed by atoms with E-state index in [-0.39, 0.29) is 16.4 Å². The summed E-state index contributed by atoms with van der Waals surface area (Å²) in [7, 11) is 0. The molecule has 1 aromatic carbocycles. The van der Waals surface area contributed by atoms with Crippen molar-refractivity contribution in [3.8, 4) is 5.75 Å². The quantitative estimate of drug-likeness (QED) is 0.848. The Hall–Kier alpha value is -2.35. The summed E-state index contributed by atoms with van der Waals surface area (Å²) < 4.78 is 41.0. The molecule has 21 heavy (non-hydrogen) atoms. The molecule has 0 spiro atoms. The maximum absolute atomic E-state index is 12.3. The molecule has 0 unspecified atom stereocenters. The largest absolute Gasteiger partial charge is 0.573 e. The van der Waals surface area contributed by atoms with Crippen LogP contribution in [0.1, 0.15) is 5.69 Å². The number of aromatic nitrogens is 1. The number of benzene rings is 1. The average molecular weight is 313 g/mol. The predicted molar refractivity (Wildman–Crippen MR) is 76.5 cm³/mol. The van der Waals surface area contributed by atoms with Crippen LogP contribution in [0.4, 0.5) is 24.5 Å². The highest BCUT2D eigenvalue weighted by Crippen LogP contribution is 2.31. The summed E-state index contributed by atoms with van der Waals surface area (Å²) >= 11 is 4.80. The standard InChI is InChI=1S/C13H10F3N3OS/c14-13(15,16)20-11-4-2-1-3-9(11)19-8-5-6-18-10(7-8)12(17)21/h1-7H,(H2,17,21)(H,18,19). The van der Waals surface area contributed by atoms with Crippen molar-refractivity contribution in [2.75, 3.05) is 5.32 Å². The van der Waals surface area contributed by atoms with E-state index < -0.39 is 6.36 Å². The SMILES string of the molecule is NC(=S)c1cc(Nc2ccccc2OC(F)(F)F)ccn1. The van der Waals surface area contributed by atoms with Crippen LogP contribution in [0, 0.1) is 0 Å². The lowest BCUT2D eigenvalue weighted by Crippen LogP contribution is -2.18. The Labute approximate surface area is 123 Å². The number of thiocarbonyl (C=S) groups is 1. The molecule has 2 aromatic rings. The molecule has 0 bridgehead atoms. The van der Waals surface area contributed by atoms with Gasteiger partial charge >= 0.3 is 6.36 Å². The van der Waals surface area contributed by atoms with Crippen LogP contribution < -0.4 is 15.8 Å². The summed E-state index contributed by atoms with van der Waals surface area (Å²) in [4.78, 5) is 4.04.